The second-order valence-electron chi connectivity index (χ2n) is 5.96. The molecule has 2 fully saturated rings. The minimum atomic E-state index is 0.399. The fourth-order valence-electron chi connectivity index (χ4n) is 3.23. The zero-order valence-electron chi connectivity index (χ0n) is 11.2. The molecule has 0 unspecified atom stereocenters. The molecule has 3 nitrogen and oxygen atoms in total. The molecule has 2 saturated heterocycles. The molecule has 0 spiro atoms. The Morgan fingerprint density at radius 2 is 1.94 bits per heavy atom. The van der Waals surface area contributed by atoms with Crippen LogP contribution in [-0.4, -0.2) is 36.5 Å². The largest absolute Gasteiger partial charge is 0.340 e. The van der Waals surface area contributed by atoms with E-state index >= 15 is 0 Å². The van der Waals surface area contributed by atoms with Crippen LogP contribution in [-0.2, 0) is 4.79 Å². The van der Waals surface area contributed by atoms with Crippen molar-refractivity contribution >= 4 is 5.91 Å². The molecular formula is C14H26N2O. The van der Waals surface area contributed by atoms with E-state index in [0.717, 1.165) is 32.0 Å². The molecule has 0 aromatic heterocycles. The van der Waals surface area contributed by atoms with Crippen LogP contribution in [0.15, 0.2) is 0 Å². The minimum Gasteiger partial charge on any atom is -0.340 e. The number of amides is 1. The monoisotopic (exact) mass is 238 g/mol. The van der Waals surface area contributed by atoms with Crippen LogP contribution in [0.1, 0.15) is 46.0 Å². The Morgan fingerprint density at radius 3 is 2.59 bits per heavy atom. The van der Waals surface area contributed by atoms with Crippen molar-refractivity contribution in [2.24, 2.45) is 11.8 Å². The van der Waals surface area contributed by atoms with Gasteiger partial charge in [-0.15, -0.1) is 0 Å². The lowest BCUT2D eigenvalue weighted by atomic mass is 9.90. The Morgan fingerprint density at radius 1 is 1.24 bits per heavy atom. The van der Waals surface area contributed by atoms with E-state index in [1.54, 1.807) is 0 Å². The smallest absolute Gasteiger partial charge is 0.223 e. The van der Waals surface area contributed by atoms with Crippen molar-refractivity contribution in [2.75, 3.05) is 19.6 Å². The van der Waals surface area contributed by atoms with Crippen molar-refractivity contribution in [1.82, 2.24) is 10.2 Å². The maximum absolute atomic E-state index is 12.3. The summed E-state index contributed by atoms with van der Waals surface area (Å²) in [6.45, 7) is 7.66. The van der Waals surface area contributed by atoms with Crippen molar-refractivity contribution in [2.45, 2.75) is 52.0 Å². The van der Waals surface area contributed by atoms with E-state index in [2.05, 4.69) is 24.1 Å². The number of nitrogens with one attached hydrogen (secondary N) is 1. The van der Waals surface area contributed by atoms with Crippen molar-refractivity contribution in [3.8, 4) is 0 Å². The predicted octanol–water partition coefficient (Wildman–Crippen LogP) is 2.02. The summed E-state index contributed by atoms with van der Waals surface area (Å²) in [6, 6.07) is 0.452. The highest BCUT2D eigenvalue weighted by molar-refractivity contribution is 5.76. The van der Waals surface area contributed by atoms with Crippen LogP contribution >= 0.6 is 0 Å². The molecule has 0 bridgehead atoms. The second kappa shape index (κ2) is 5.85. The molecule has 2 heterocycles. The first-order valence-corrected chi connectivity index (χ1v) is 7.17. The third kappa shape index (κ3) is 3.44. The van der Waals surface area contributed by atoms with Crippen LogP contribution in [0.25, 0.3) is 0 Å². The number of hydrogen-bond donors (Lipinski definition) is 1. The number of carbonyl (C=O) groups excluding carboxylic acids is 1. The molecule has 3 heteroatoms. The van der Waals surface area contributed by atoms with Gasteiger partial charge in [-0.1, -0.05) is 6.92 Å². The van der Waals surface area contributed by atoms with Gasteiger partial charge in [0.1, 0.15) is 0 Å². The van der Waals surface area contributed by atoms with Gasteiger partial charge in [-0.25, -0.2) is 0 Å². The quantitative estimate of drug-likeness (QED) is 0.798. The molecule has 0 saturated carbocycles. The Kier molecular flexibility index (Phi) is 4.43. The summed E-state index contributed by atoms with van der Waals surface area (Å²) in [5, 5.41) is 3.36. The van der Waals surface area contributed by atoms with E-state index < -0.39 is 0 Å². The number of rotatable bonds is 2. The average Bonchev–Trinajstić information content (AvgIpc) is 2.30. The summed E-state index contributed by atoms with van der Waals surface area (Å²) in [4.78, 5) is 14.4. The van der Waals surface area contributed by atoms with Crippen molar-refractivity contribution in [1.29, 1.82) is 0 Å². The summed E-state index contributed by atoms with van der Waals surface area (Å²) >= 11 is 0. The molecule has 17 heavy (non-hydrogen) atoms. The van der Waals surface area contributed by atoms with Crippen molar-refractivity contribution < 1.29 is 4.79 Å². The van der Waals surface area contributed by atoms with Crippen LogP contribution in [0.5, 0.6) is 0 Å². The van der Waals surface area contributed by atoms with E-state index in [4.69, 9.17) is 0 Å². The summed E-state index contributed by atoms with van der Waals surface area (Å²) < 4.78 is 0. The van der Waals surface area contributed by atoms with Gasteiger partial charge in [0.15, 0.2) is 0 Å². The number of hydrogen-bond acceptors (Lipinski definition) is 2. The highest BCUT2D eigenvalue weighted by Crippen LogP contribution is 2.25. The third-order valence-corrected chi connectivity index (χ3v) is 4.38. The van der Waals surface area contributed by atoms with Crippen molar-refractivity contribution in [3.05, 3.63) is 0 Å². The molecule has 0 radical (unpaired) electrons. The molecule has 98 valence electrons. The molecule has 0 aromatic carbocycles. The minimum absolute atomic E-state index is 0.399. The number of carbonyl (C=O) groups is 1. The number of likely N-dealkylation sites (tertiary alicyclic amines) is 1. The topological polar surface area (TPSA) is 32.3 Å². The van der Waals surface area contributed by atoms with E-state index in [0.29, 0.717) is 17.9 Å². The Hall–Kier alpha value is -0.570. The Labute approximate surface area is 105 Å². The highest BCUT2D eigenvalue weighted by Gasteiger charge is 2.28. The maximum Gasteiger partial charge on any atom is 0.223 e. The molecule has 0 aliphatic carbocycles. The van der Waals surface area contributed by atoms with Crippen LogP contribution in [0, 0.1) is 11.8 Å². The standard InChI is InChI=1S/C14H26N2O/c1-11-5-8-16(12(2)9-11)14(17)10-13-3-6-15-7-4-13/h11-13,15H,3-10H2,1-2H3/t11-,12+/m0/s1. The zero-order chi connectivity index (χ0) is 12.3. The molecule has 2 aliphatic heterocycles. The van der Waals surface area contributed by atoms with Crippen molar-refractivity contribution in [3.63, 3.8) is 0 Å². The first-order chi connectivity index (χ1) is 8.16. The summed E-state index contributed by atoms with van der Waals surface area (Å²) in [5.74, 6) is 1.81. The fourth-order valence-corrected chi connectivity index (χ4v) is 3.23. The van der Waals surface area contributed by atoms with Gasteiger partial charge >= 0.3 is 0 Å². The molecule has 1 amide bonds. The molecule has 2 atom stereocenters. The van der Waals surface area contributed by atoms with Crippen LogP contribution < -0.4 is 5.32 Å². The first kappa shape index (κ1) is 12.9. The lowest BCUT2D eigenvalue weighted by molar-refractivity contribution is -0.136. The first-order valence-electron chi connectivity index (χ1n) is 7.17. The normalized spacial score (nSPS) is 31.5. The van der Waals surface area contributed by atoms with Gasteiger partial charge in [-0.3, -0.25) is 4.79 Å². The average molecular weight is 238 g/mol. The maximum atomic E-state index is 12.3. The van der Waals surface area contributed by atoms with Crippen LogP contribution in [0.2, 0.25) is 0 Å². The summed E-state index contributed by atoms with van der Waals surface area (Å²) in [5.41, 5.74) is 0. The van der Waals surface area contributed by atoms with Gasteiger partial charge in [0, 0.05) is 19.0 Å². The lowest BCUT2D eigenvalue weighted by Gasteiger charge is -2.37. The van der Waals surface area contributed by atoms with Gasteiger partial charge in [-0.05, 0) is 57.5 Å². The van der Waals surface area contributed by atoms with E-state index in [1.165, 1.54) is 25.7 Å². The van der Waals surface area contributed by atoms with Gasteiger partial charge in [0.25, 0.3) is 0 Å². The van der Waals surface area contributed by atoms with Gasteiger partial charge < -0.3 is 10.2 Å². The van der Waals surface area contributed by atoms with E-state index in [-0.39, 0.29) is 0 Å². The Balaban J connectivity index is 1.82. The molecule has 2 rings (SSSR count). The lowest BCUT2D eigenvalue weighted by Crippen LogP contribution is -2.45. The highest BCUT2D eigenvalue weighted by atomic mass is 16.2. The van der Waals surface area contributed by atoms with E-state index in [1.807, 2.05) is 0 Å². The summed E-state index contributed by atoms with van der Waals surface area (Å²) in [6.07, 6.45) is 5.48. The molecule has 2 aliphatic rings. The Bertz CT molecular complexity index is 261. The summed E-state index contributed by atoms with van der Waals surface area (Å²) in [7, 11) is 0. The van der Waals surface area contributed by atoms with Gasteiger partial charge in [-0.2, -0.15) is 0 Å². The third-order valence-electron chi connectivity index (χ3n) is 4.38. The number of nitrogens with zero attached hydrogens (tertiary/aromatic N) is 1. The SMILES string of the molecule is C[C@H]1CCN(C(=O)CC2CCNCC2)[C@H](C)C1. The van der Waals surface area contributed by atoms with Crippen LogP contribution in [0.4, 0.5) is 0 Å². The second-order valence-corrected chi connectivity index (χ2v) is 5.96. The van der Waals surface area contributed by atoms with Gasteiger partial charge in [0.05, 0.1) is 0 Å². The number of piperidine rings is 2. The van der Waals surface area contributed by atoms with Gasteiger partial charge in [0.2, 0.25) is 5.91 Å². The molecule has 0 aromatic rings. The van der Waals surface area contributed by atoms with E-state index in [9.17, 15) is 4.79 Å². The fraction of sp³-hybridized carbons (Fsp3) is 0.929. The molecular weight excluding hydrogens is 212 g/mol. The zero-order valence-corrected chi connectivity index (χ0v) is 11.2. The predicted molar refractivity (Wildman–Crippen MR) is 69.8 cm³/mol. The molecule has 1 N–H and O–H groups in total. The van der Waals surface area contributed by atoms with Crippen LogP contribution in [0.3, 0.4) is 0 Å².